The minimum absolute atomic E-state index is 0.702. The first kappa shape index (κ1) is 13.5. The lowest BCUT2D eigenvalue weighted by molar-refractivity contribution is 0.604. The molecule has 0 aliphatic rings. The number of hydrogen-bond acceptors (Lipinski definition) is 4. The number of furan rings is 1. The molecule has 4 nitrogen and oxygen atoms in total. The number of hydrazone groups is 1. The Hall–Kier alpha value is -3.14. The van der Waals surface area contributed by atoms with E-state index in [1.165, 1.54) is 10.8 Å². The van der Waals surface area contributed by atoms with Crippen molar-refractivity contribution in [1.82, 2.24) is 4.98 Å². The minimum Gasteiger partial charge on any atom is -0.455 e. The van der Waals surface area contributed by atoms with Crippen molar-refractivity contribution in [2.45, 2.75) is 6.92 Å². The van der Waals surface area contributed by atoms with E-state index < -0.39 is 0 Å². The number of fused-ring (bicyclic) bond motifs is 3. The van der Waals surface area contributed by atoms with E-state index in [0.29, 0.717) is 5.82 Å². The SMILES string of the molecule is CC(=NNc1ccccn1)c1cc2c(ccc3ccccc32)o1. The maximum atomic E-state index is 5.94. The van der Waals surface area contributed by atoms with Crippen molar-refractivity contribution in [1.29, 1.82) is 0 Å². The molecule has 0 amide bonds. The zero-order valence-electron chi connectivity index (χ0n) is 12.7. The molecule has 0 aliphatic carbocycles. The van der Waals surface area contributed by atoms with Crippen LogP contribution in [0.5, 0.6) is 0 Å². The third kappa shape index (κ3) is 2.55. The summed E-state index contributed by atoms with van der Waals surface area (Å²) in [6.07, 6.45) is 1.72. The Morgan fingerprint density at radius 2 is 1.87 bits per heavy atom. The van der Waals surface area contributed by atoms with Crippen molar-refractivity contribution in [2.75, 3.05) is 5.43 Å². The van der Waals surface area contributed by atoms with Gasteiger partial charge >= 0.3 is 0 Å². The predicted octanol–water partition coefficient (Wildman–Crippen LogP) is 4.82. The molecule has 0 fully saturated rings. The van der Waals surface area contributed by atoms with Gasteiger partial charge in [-0.05, 0) is 42.0 Å². The molecule has 23 heavy (non-hydrogen) atoms. The summed E-state index contributed by atoms with van der Waals surface area (Å²) in [7, 11) is 0. The molecule has 0 bridgehead atoms. The van der Waals surface area contributed by atoms with Gasteiger partial charge in [-0.1, -0.05) is 36.4 Å². The number of hydrogen-bond donors (Lipinski definition) is 1. The summed E-state index contributed by atoms with van der Waals surface area (Å²) >= 11 is 0. The molecule has 1 N–H and O–H groups in total. The van der Waals surface area contributed by atoms with Gasteiger partial charge in [0.1, 0.15) is 17.1 Å². The summed E-state index contributed by atoms with van der Waals surface area (Å²) < 4.78 is 5.94. The summed E-state index contributed by atoms with van der Waals surface area (Å²) in [6.45, 7) is 1.91. The van der Waals surface area contributed by atoms with Crippen LogP contribution in [-0.2, 0) is 0 Å². The highest BCUT2D eigenvalue weighted by atomic mass is 16.3. The van der Waals surface area contributed by atoms with Gasteiger partial charge < -0.3 is 4.42 Å². The molecule has 4 heteroatoms. The van der Waals surface area contributed by atoms with Crippen LogP contribution in [0.25, 0.3) is 21.7 Å². The highest BCUT2D eigenvalue weighted by Gasteiger charge is 2.09. The first-order valence-electron chi connectivity index (χ1n) is 7.44. The topological polar surface area (TPSA) is 50.4 Å². The lowest BCUT2D eigenvalue weighted by Crippen LogP contribution is -1.99. The zero-order valence-corrected chi connectivity index (χ0v) is 12.7. The van der Waals surface area contributed by atoms with Gasteiger partial charge in [-0.15, -0.1) is 0 Å². The fourth-order valence-corrected chi connectivity index (χ4v) is 2.60. The molecular weight excluding hydrogens is 286 g/mol. The van der Waals surface area contributed by atoms with Crippen LogP contribution >= 0.6 is 0 Å². The Balaban J connectivity index is 1.72. The molecule has 0 atom stereocenters. The second-order valence-electron chi connectivity index (χ2n) is 5.33. The smallest absolute Gasteiger partial charge is 0.151 e. The van der Waals surface area contributed by atoms with Crippen LogP contribution in [0.1, 0.15) is 12.7 Å². The molecule has 0 radical (unpaired) electrons. The molecule has 0 saturated heterocycles. The average Bonchev–Trinajstić information content (AvgIpc) is 3.05. The second-order valence-corrected chi connectivity index (χ2v) is 5.33. The number of nitrogens with one attached hydrogen (secondary N) is 1. The maximum Gasteiger partial charge on any atom is 0.151 e. The van der Waals surface area contributed by atoms with Crippen molar-refractivity contribution in [2.24, 2.45) is 5.10 Å². The summed E-state index contributed by atoms with van der Waals surface area (Å²) in [5.74, 6) is 1.45. The third-order valence-electron chi connectivity index (χ3n) is 3.79. The normalized spacial score (nSPS) is 12.0. The zero-order chi connectivity index (χ0) is 15.6. The largest absolute Gasteiger partial charge is 0.455 e. The van der Waals surface area contributed by atoms with E-state index in [-0.39, 0.29) is 0 Å². The van der Waals surface area contributed by atoms with E-state index in [1.807, 2.05) is 49.4 Å². The summed E-state index contributed by atoms with van der Waals surface area (Å²) in [4.78, 5) is 4.18. The average molecular weight is 301 g/mol. The van der Waals surface area contributed by atoms with Crippen molar-refractivity contribution in [3.63, 3.8) is 0 Å². The molecule has 112 valence electrons. The Labute approximate surface area is 133 Å². The van der Waals surface area contributed by atoms with Crippen molar-refractivity contribution in [3.8, 4) is 0 Å². The number of pyridine rings is 1. The number of nitrogens with zero attached hydrogens (tertiary/aromatic N) is 2. The minimum atomic E-state index is 0.702. The third-order valence-corrected chi connectivity index (χ3v) is 3.79. The van der Waals surface area contributed by atoms with Crippen molar-refractivity contribution >= 4 is 33.3 Å². The van der Waals surface area contributed by atoms with Crippen molar-refractivity contribution < 1.29 is 4.42 Å². The molecule has 2 aromatic carbocycles. The molecule has 0 aliphatic heterocycles. The lowest BCUT2D eigenvalue weighted by Gasteiger charge is -1.99. The quantitative estimate of drug-likeness (QED) is 0.436. The monoisotopic (exact) mass is 301 g/mol. The Kier molecular flexibility index (Phi) is 3.27. The van der Waals surface area contributed by atoms with Crippen LogP contribution in [0.4, 0.5) is 5.82 Å². The van der Waals surface area contributed by atoms with Crippen LogP contribution in [0, 0.1) is 0 Å². The Morgan fingerprint density at radius 3 is 2.74 bits per heavy atom. The van der Waals surface area contributed by atoms with Gasteiger partial charge in [0, 0.05) is 11.6 Å². The summed E-state index contributed by atoms with van der Waals surface area (Å²) in [6, 6.07) is 20.0. The number of rotatable bonds is 3. The van der Waals surface area contributed by atoms with E-state index >= 15 is 0 Å². The van der Waals surface area contributed by atoms with Crippen LogP contribution in [-0.4, -0.2) is 10.7 Å². The Bertz CT molecular complexity index is 1000. The van der Waals surface area contributed by atoms with E-state index in [0.717, 1.165) is 22.4 Å². The molecule has 4 rings (SSSR count). The standard InChI is InChI=1S/C19H15N3O/c1-13(21-22-19-8-4-5-11-20-19)18-12-16-15-7-3-2-6-14(15)9-10-17(16)23-18/h2-12H,1H3,(H,20,22). The number of anilines is 1. The van der Waals surface area contributed by atoms with E-state index in [2.05, 4.69) is 33.7 Å². The fraction of sp³-hybridized carbons (Fsp3) is 0.0526. The molecule has 4 aromatic rings. The molecular formula is C19H15N3O. The van der Waals surface area contributed by atoms with Crippen LogP contribution in [0.2, 0.25) is 0 Å². The van der Waals surface area contributed by atoms with Crippen LogP contribution in [0.3, 0.4) is 0 Å². The van der Waals surface area contributed by atoms with Gasteiger partial charge in [0.15, 0.2) is 5.76 Å². The first-order chi connectivity index (χ1) is 11.3. The maximum absolute atomic E-state index is 5.94. The van der Waals surface area contributed by atoms with Gasteiger partial charge in [-0.25, -0.2) is 4.98 Å². The van der Waals surface area contributed by atoms with E-state index in [4.69, 9.17) is 4.42 Å². The molecule has 0 spiro atoms. The second kappa shape index (κ2) is 5.57. The van der Waals surface area contributed by atoms with Gasteiger partial charge in [-0.2, -0.15) is 5.10 Å². The molecule has 2 heterocycles. The van der Waals surface area contributed by atoms with Gasteiger partial charge in [0.05, 0.1) is 0 Å². The summed E-state index contributed by atoms with van der Waals surface area (Å²) in [5, 5.41) is 7.84. The van der Waals surface area contributed by atoms with Crippen molar-refractivity contribution in [3.05, 3.63) is 72.6 Å². The Morgan fingerprint density at radius 1 is 1.00 bits per heavy atom. The number of benzene rings is 2. The molecule has 0 unspecified atom stereocenters. The first-order valence-corrected chi connectivity index (χ1v) is 7.44. The van der Waals surface area contributed by atoms with E-state index in [9.17, 15) is 0 Å². The predicted molar refractivity (Wildman–Crippen MR) is 93.8 cm³/mol. The number of aromatic nitrogens is 1. The van der Waals surface area contributed by atoms with E-state index in [1.54, 1.807) is 6.20 Å². The summed E-state index contributed by atoms with van der Waals surface area (Å²) in [5.41, 5.74) is 4.58. The molecule has 0 saturated carbocycles. The van der Waals surface area contributed by atoms with Gasteiger partial charge in [0.2, 0.25) is 0 Å². The van der Waals surface area contributed by atoms with Crippen LogP contribution in [0.15, 0.2) is 76.4 Å². The van der Waals surface area contributed by atoms with Gasteiger partial charge in [-0.3, -0.25) is 5.43 Å². The highest BCUT2D eigenvalue weighted by Crippen LogP contribution is 2.28. The van der Waals surface area contributed by atoms with Crippen LogP contribution < -0.4 is 5.43 Å². The fourth-order valence-electron chi connectivity index (χ4n) is 2.60. The molecule has 2 aromatic heterocycles. The highest BCUT2D eigenvalue weighted by molar-refractivity contribution is 6.09. The van der Waals surface area contributed by atoms with Gasteiger partial charge in [0.25, 0.3) is 0 Å². The lowest BCUT2D eigenvalue weighted by atomic mass is 10.1.